The number of nitrogens with two attached hydrogens (primary N) is 1. The molecule has 0 spiro atoms. The van der Waals surface area contributed by atoms with Crippen LogP contribution >= 0.6 is 24.2 Å². The SMILES string of the molecule is CSCCC(N)C(=O)NCC(=O)O.Cl. The van der Waals surface area contributed by atoms with E-state index in [4.69, 9.17) is 10.8 Å². The first kappa shape index (κ1) is 16.0. The summed E-state index contributed by atoms with van der Waals surface area (Å²) in [5, 5.41) is 10.5. The normalized spacial score (nSPS) is 11.3. The minimum absolute atomic E-state index is 0. The molecule has 14 heavy (non-hydrogen) atoms. The number of aliphatic carboxylic acids is 1. The van der Waals surface area contributed by atoms with Crippen molar-refractivity contribution in [3.8, 4) is 0 Å². The predicted molar refractivity (Wildman–Crippen MR) is 58.9 cm³/mol. The Bertz CT molecular complexity index is 192. The van der Waals surface area contributed by atoms with Crippen molar-refractivity contribution in [2.75, 3.05) is 18.6 Å². The Morgan fingerprint density at radius 1 is 1.57 bits per heavy atom. The van der Waals surface area contributed by atoms with Crippen LogP contribution in [0.25, 0.3) is 0 Å². The molecule has 1 atom stereocenters. The number of halogens is 1. The molecule has 0 bridgehead atoms. The summed E-state index contributed by atoms with van der Waals surface area (Å²) in [7, 11) is 0. The van der Waals surface area contributed by atoms with Crippen molar-refractivity contribution < 1.29 is 14.7 Å². The Kier molecular flexibility index (Phi) is 10.4. The molecule has 0 aromatic rings. The lowest BCUT2D eigenvalue weighted by Gasteiger charge is -2.09. The molecule has 0 aromatic carbocycles. The molecule has 84 valence electrons. The number of carboxylic acid groups (broad SMARTS) is 1. The molecule has 0 saturated heterocycles. The van der Waals surface area contributed by atoms with Crippen molar-refractivity contribution >= 4 is 36.0 Å². The van der Waals surface area contributed by atoms with Crippen LogP contribution in [-0.4, -0.2) is 41.6 Å². The van der Waals surface area contributed by atoms with Crippen LogP contribution in [-0.2, 0) is 9.59 Å². The number of carboxylic acids is 1. The third-order valence-electron chi connectivity index (χ3n) is 1.38. The second kappa shape index (κ2) is 9.11. The molecule has 0 rings (SSSR count). The van der Waals surface area contributed by atoms with E-state index in [0.717, 1.165) is 5.75 Å². The standard InChI is InChI=1S/C7H14N2O3S.ClH/c1-13-3-2-5(8)7(12)9-4-6(10)11;/h5H,2-4,8H2,1H3,(H,9,12)(H,10,11);1H. The number of carbonyl (C=O) groups is 2. The van der Waals surface area contributed by atoms with E-state index in [9.17, 15) is 9.59 Å². The molecular formula is C7H15ClN2O3S. The van der Waals surface area contributed by atoms with Crippen LogP contribution in [0.15, 0.2) is 0 Å². The number of amides is 1. The lowest BCUT2D eigenvalue weighted by molar-refractivity contribution is -0.138. The van der Waals surface area contributed by atoms with Gasteiger partial charge in [0.25, 0.3) is 0 Å². The maximum Gasteiger partial charge on any atom is 0.322 e. The van der Waals surface area contributed by atoms with Gasteiger partial charge in [-0.05, 0) is 18.4 Å². The highest BCUT2D eigenvalue weighted by molar-refractivity contribution is 7.98. The highest BCUT2D eigenvalue weighted by atomic mass is 35.5. The van der Waals surface area contributed by atoms with Gasteiger partial charge >= 0.3 is 5.97 Å². The van der Waals surface area contributed by atoms with Gasteiger partial charge in [0.15, 0.2) is 0 Å². The first-order valence-corrected chi connectivity index (χ1v) is 5.21. The zero-order chi connectivity index (χ0) is 10.3. The first-order chi connectivity index (χ1) is 6.07. The predicted octanol–water partition coefficient (Wildman–Crippen LogP) is -0.311. The minimum Gasteiger partial charge on any atom is -0.480 e. The molecule has 1 unspecified atom stereocenters. The molecule has 5 nitrogen and oxygen atoms in total. The molecule has 0 saturated carbocycles. The van der Waals surface area contributed by atoms with E-state index in [0.29, 0.717) is 6.42 Å². The lowest BCUT2D eigenvalue weighted by Crippen LogP contribution is -2.42. The summed E-state index contributed by atoms with van der Waals surface area (Å²) in [5.41, 5.74) is 5.47. The van der Waals surface area contributed by atoms with Crippen molar-refractivity contribution in [2.24, 2.45) is 5.73 Å². The Balaban J connectivity index is 0. The maximum atomic E-state index is 11.0. The molecule has 0 aromatic heterocycles. The Labute approximate surface area is 93.2 Å². The minimum atomic E-state index is -1.06. The highest BCUT2D eigenvalue weighted by Crippen LogP contribution is 1.98. The molecule has 0 aliphatic rings. The lowest BCUT2D eigenvalue weighted by atomic mass is 10.2. The van der Waals surface area contributed by atoms with E-state index in [1.54, 1.807) is 11.8 Å². The molecule has 0 radical (unpaired) electrons. The second-order valence-corrected chi connectivity index (χ2v) is 3.49. The van der Waals surface area contributed by atoms with Gasteiger partial charge < -0.3 is 16.2 Å². The largest absolute Gasteiger partial charge is 0.480 e. The average molecular weight is 243 g/mol. The van der Waals surface area contributed by atoms with Crippen LogP contribution in [0.1, 0.15) is 6.42 Å². The third kappa shape index (κ3) is 8.15. The summed E-state index contributed by atoms with van der Waals surface area (Å²) < 4.78 is 0. The number of rotatable bonds is 6. The topological polar surface area (TPSA) is 92.4 Å². The monoisotopic (exact) mass is 242 g/mol. The van der Waals surface area contributed by atoms with Crippen molar-refractivity contribution in [1.82, 2.24) is 5.32 Å². The molecule has 1 amide bonds. The number of thioether (sulfide) groups is 1. The van der Waals surface area contributed by atoms with Gasteiger partial charge in [0.1, 0.15) is 6.54 Å². The summed E-state index contributed by atoms with van der Waals surface area (Å²) in [5.74, 6) is -0.677. The smallest absolute Gasteiger partial charge is 0.322 e. The van der Waals surface area contributed by atoms with Crippen LogP contribution in [0.3, 0.4) is 0 Å². The number of hydrogen-bond acceptors (Lipinski definition) is 4. The summed E-state index contributed by atoms with van der Waals surface area (Å²) in [4.78, 5) is 21.1. The quantitative estimate of drug-likeness (QED) is 0.594. The fraction of sp³-hybridized carbons (Fsp3) is 0.714. The maximum absolute atomic E-state index is 11.0. The Morgan fingerprint density at radius 3 is 2.57 bits per heavy atom. The summed E-state index contributed by atoms with van der Waals surface area (Å²) in [6.07, 6.45) is 2.48. The molecule has 7 heteroatoms. The Morgan fingerprint density at radius 2 is 2.14 bits per heavy atom. The molecular weight excluding hydrogens is 228 g/mol. The van der Waals surface area contributed by atoms with E-state index in [1.807, 2.05) is 6.26 Å². The van der Waals surface area contributed by atoms with Crippen molar-refractivity contribution in [2.45, 2.75) is 12.5 Å². The van der Waals surface area contributed by atoms with Gasteiger partial charge in [-0.1, -0.05) is 0 Å². The first-order valence-electron chi connectivity index (χ1n) is 3.82. The van der Waals surface area contributed by atoms with E-state index >= 15 is 0 Å². The molecule has 0 fully saturated rings. The van der Waals surface area contributed by atoms with E-state index < -0.39 is 17.9 Å². The van der Waals surface area contributed by atoms with Crippen molar-refractivity contribution in [3.05, 3.63) is 0 Å². The number of nitrogens with one attached hydrogen (secondary N) is 1. The van der Waals surface area contributed by atoms with E-state index in [1.165, 1.54) is 0 Å². The zero-order valence-electron chi connectivity index (χ0n) is 7.86. The van der Waals surface area contributed by atoms with E-state index in [2.05, 4.69) is 5.32 Å². The van der Waals surface area contributed by atoms with Gasteiger partial charge in [0.2, 0.25) is 5.91 Å². The van der Waals surface area contributed by atoms with Gasteiger partial charge in [0, 0.05) is 0 Å². The van der Waals surface area contributed by atoms with Gasteiger partial charge in [-0.2, -0.15) is 11.8 Å². The van der Waals surface area contributed by atoms with Gasteiger partial charge in [0.05, 0.1) is 6.04 Å². The van der Waals surface area contributed by atoms with Gasteiger partial charge in [-0.15, -0.1) is 12.4 Å². The highest BCUT2D eigenvalue weighted by Gasteiger charge is 2.12. The second-order valence-electron chi connectivity index (χ2n) is 2.50. The van der Waals surface area contributed by atoms with Crippen LogP contribution in [0.4, 0.5) is 0 Å². The van der Waals surface area contributed by atoms with Gasteiger partial charge in [-0.3, -0.25) is 9.59 Å². The third-order valence-corrected chi connectivity index (χ3v) is 2.03. The number of carbonyl (C=O) groups excluding carboxylic acids is 1. The van der Waals surface area contributed by atoms with Gasteiger partial charge in [-0.25, -0.2) is 0 Å². The fourth-order valence-electron chi connectivity index (χ4n) is 0.670. The average Bonchev–Trinajstić information content (AvgIpc) is 2.10. The fourth-order valence-corrected chi connectivity index (χ4v) is 1.16. The van der Waals surface area contributed by atoms with Crippen molar-refractivity contribution in [1.29, 1.82) is 0 Å². The molecule has 0 heterocycles. The zero-order valence-corrected chi connectivity index (χ0v) is 9.49. The summed E-state index contributed by atoms with van der Waals surface area (Å²) in [6.45, 7) is -0.369. The van der Waals surface area contributed by atoms with Crippen LogP contribution in [0.5, 0.6) is 0 Å². The molecule has 4 N–H and O–H groups in total. The molecule has 0 aliphatic heterocycles. The van der Waals surface area contributed by atoms with Crippen LogP contribution in [0, 0.1) is 0 Å². The van der Waals surface area contributed by atoms with E-state index in [-0.39, 0.29) is 19.0 Å². The van der Waals surface area contributed by atoms with Crippen LogP contribution in [0.2, 0.25) is 0 Å². The summed E-state index contributed by atoms with van der Waals surface area (Å²) >= 11 is 1.60. The number of hydrogen-bond donors (Lipinski definition) is 3. The molecule has 0 aliphatic carbocycles. The Hall–Kier alpha value is -0.460. The summed E-state index contributed by atoms with van der Waals surface area (Å²) in [6, 6.07) is -0.605. The van der Waals surface area contributed by atoms with Crippen LogP contribution < -0.4 is 11.1 Å². The van der Waals surface area contributed by atoms with Crippen molar-refractivity contribution in [3.63, 3.8) is 0 Å².